The summed E-state index contributed by atoms with van der Waals surface area (Å²) in [6, 6.07) is 6.32. The summed E-state index contributed by atoms with van der Waals surface area (Å²) in [5, 5.41) is 9.61. The SMILES string of the molecule is CCCCC(O)Cc1ccc(F)cc1. The fourth-order valence-electron chi connectivity index (χ4n) is 1.43. The van der Waals surface area contributed by atoms with Gasteiger partial charge >= 0.3 is 0 Å². The van der Waals surface area contributed by atoms with Crippen LogP contribution in [0.2, 0.25) is 0 Å². The molecule has 78 valence electrons. The Kier molecular flexibility index (Phi) is 4.60. The van der Waals surface area contributed by atoms with Crippen LogP contribution in [0, 0.1) is 5.82 Å². The van der Waals surface area contributed by atoms with Gasteiger partial charge in [0, 0.05) is 0 Å². The third kappa shape index (κ3) is 3.88. The first-order valence-electron chi connectivity index (χ1n) is 5.15. The molecule has 1 aromatic rings. The van der Waals surface area contributed by atoms with Crippen molar-refractivity contribution >= 4 is 0 Å². The van der Waals surface area contributed by atoms with Crippen LogP contribution in [0.1, 0.15) is 31.7 Å². The molecule has 0 aliphatic rings. The van der Waals surface area contributed by atoms with Crippen LogP contribution in [0.25, 0.3) is 0 Å². The summed E-state index contributed by atoms with van der Waals surface area (Å²) in [5.74, 6) is -0.225. The van der Waals surface area contributed by atoms with Gasteiger partial charge in [-0.2, -0.15) is 0 Å². The highest BCUT2D eigenvalue weighted by Gasteiger charge is 2.04. The minimum atomic E-state index is -0.291. The van der Waals surface area contributed by atoms with Crippen molar-refractivity contribution in [3.8, 4) is 0 Å². The molecule has 0 aromatic heterocycles. The second kappa shape index (κ2) is 5.76. The molecule has 0 aliphatic heterocycles. The number of halogens is 1. The molecule has 0 aliphatic carbocycles. The molecule has 0 bridgehead atoms. The van der Waals surface area contributed by atoms with E-state index in [1.54, 1.807) is 12.1 Å². The third-order valence-electron chi connectivity index (χ3n) is 2.28. The van der Waals surface area contributed by atoms with Crippen molar-refractivity contribution in [2.24, 2.45) is 0 Å². The Bertz CT molecular complexity index is 256. The molecule has 0 heterocycles. The van der Waals surface area contributed by atoms with Crippen LogP contribution in [-0.4, -0.2) is 11.2 Å². The Morgan fingerprint density at radius 1 is 1.29 bits per heavy atom. The number of unbranched alkanes of at least 4 members (excludes halogenated alkanes) is 1. The molecule has 0 saturated carbocycles. The van der Waals surface area contributed by atoms with E-state index in [1.165, 1.54) is 12.1 Å². The van der Waals surface area contributed by atoms with Crippen LogP contribution >= 0.6 is 0 Å². The van der Waals surface area contributed by atoms with E-state index < -0.39 is 0 Å². The van der Waals surface area contributed by atoms with Crippen molar-refractivity contribution in [3.63, 3.8) is 0 Å². The summed E-state index contributed by atoms with van der Waals surface area (Å²) in [6.45, 7) is 2.10. The minimum absolute atomic E-state index is 0.225. The van der Waals surface area contributed by atoms with E-state index in [-0.39, 0.29) is 11.9 Å². The zero-order chi connectivity index (χ0) is 10.4. The monoisotopic (exact) mass is 196 g/mol. The van der Waals surface area contributed by atoms with Gasteiger partial charge in [0.25, 0.3) is 0 Å². The molecule has 1 aromatic carbocycles. The van der Waals surface area contributed by atoms with E-state index >= 15 is 0 Å². The number of benzene rings is 1. The van der Waals surface area contributed by atoms with Gasteiger partial charge < -0.3 is 5.11 Å². The summed E-state index contributed by atoms with van der Waals surface area (Å²) in [4.78, 5) is 0. The van der Waals surface area contributed by atoms with Gasteiger partial charge in [-0.3, -0.25) is 0 Å². The number of rotatable bonds is 5. The molecule has 1 rings (SSSR count). The Hall–Kier alpha value is -0.890. The maximum absolute atomic E-state index is 12.6. The topological polar surface area (TPSA) is 20.2 Å². The van der Waals surface area contributed by atoms with Crippen LogP contribution in [0.4, 0.5) is 4.39 Å². The van der Waals surface area contributed by atoms with E-state index in [9.17, 15) is 9.50 Å². The molecule has 2 heteroatoms. The predicted octanol–water partition coefficient (Wildman–Crippen LogP) is 2.92. The Morgan fingerprint density at radius 3 is 2.50 bits per heavy atom. The zero-order valence-electron chi connectivity index (χ0n) is 8.54. The Labute approximate surface area is 84.6 Å². The van der Waals surface area contributed by atoms with Crippen molar-refractivity contribution in [1.82, 2.24) is 0 Å². The zero-order valence-corrected chi connectivity index (χ0v) is 8.54. The van der Waals surface area contributed by atoms with Gasteiger partial charge in [-0.05, 0) is 30.5 Å². The minimum Gasteiger partial charge on any atom is -0.393 e. The van der Waals surface area contributed by atoms with Gasteiger partial charge in [0.2, 0.25) is 0 Å². The third-order valence-corrected chi connectivity index (χ3v) is 2.28. The standard InChI is InChI=1S/C12H17FO/c1-2-3-4-12(14)9-10-5-7-11(13)8-6-10/h5-8,12,14H,2-4,9H2,1H3. The first-order valence-corrected chi connectivity index (χ1v) is 5.15. The number of aliphatic hydroxyl groups excluding tert-OH is 1. The molecular weight excluding hydrogens is 179 g/mol. The lowest BCUT2D eigenvalue weighted by atomic mass is 10.0. The molecule has 0 amide bonds. The normalized spacial score (nSPS) is 12.8. The van der Waals surface area contributed by atoms with Gasteiger partial charge in [-0.25, -0.2) is 4.39 Å². The van der Waals surface area contributed by atoms with Crippen molar-refractivity contribution in [2.45, 2.75) is 38.7 Å². The average Bonchev–Trinajstić information content (AvgIpc) is 2.18. The van der Waals surface area contributed by atoms with Gasteiger partial charge in [0.1, 0.15) is 5.82 Å². The van der Waals surface area contributed by atoms with Crippen LogP contribution in [-0.2, 0) is 6.42 Å². The highest BCUT2D eigenvalue weighted by atomic mass is 19.1. The van der Waals surface area contributed by atoms with E-state index in [1.807, 2.05) is 0 Å². The molecule has 1 N–H and O–H groups in total. The highest BCUT2D eigenvalue weighted by molar-refractivity contribution is 5.16. The largest absolute Gasteiger partial charge is 0.393 e. The van der Waals surface area contributed by atoms with Gasteiger partial charge in [0.15, 0.2) is 0 Å². The lowest BCUT2D eigenvalue weighted by Gasteiger charge is -2.09. The molecule has 14 heavy (non-hydrogen) atoms. The molecule has 1 unspecified atom stereocenters. The van der Waals surface area contributed by atoms with Crippen molar-refractivity contribution in [2.75, 3.05) is 0 Å². The van der Waals surface area contributed by atoms with E-state index in [4.69, 9.17) is 0 Å². The lowest BCUT2D eigenvalue weighted by Crippen LogP contribution is -2.09. The van der Waals surface area contributed by atoms with Crippen LogP contribution < -0.4 is 0 Å². The van der Waals surface area contributed by atoms with E-state index in [2.05, 4.69) is 6.92 Å². The van der Waals surface area contributed by atoms with Crippen LogP contribution in [0.15, 0.2) is 24.3 Å². The number of hydrogen-bond donors (Lipinski definition) is 1. The quantitative estimate of drug-likeness (QED) is 0.767. The molecule has 0 spiro atoms. The summed E-state index contributed by atoms with van der Waals surface area (Å²) in [7, 11) is 0. The molecule has 0 saturated heterocycles. The summed E-state index contributed by atoms with van der Waals surface area (Å²) < 4.78 is 12.6. The van der Waals surface area contributed by atoms with Crippen molar-refractivity contribution in [1.29, 1.82) is 0 Å². The predicted molar refractivity (Wildman–Crippen MR) is 55.6 cm³/mol. The van der Waals surface area contributed by atoms with Gasteiger partial charge in [-0.1, -0.05) is 31.9 Å². The average molecular weight is 196 g/mol. The molecule has 0 fully saturated rings. The Morgan fingerprint density at radius 2 is 1.93 bits per heavy atom. The van der Waals surface area contributed by atoms with Crippen molar-refractivity contribution in [3.05, 3.63) is 35.6 Å². The molecule has 1 atom stereocenters. The number of aliphatic hydroxyl groups is 1. The van der Waals surface area contributed by atoms with E-state index in [0.717, 1.165) is 24.8 Å². The highest BCUT2D eigenvalue weighted by Crippen LogP contribution is 2.09. The van der Waals surface area contributed by atoms with Crippen LogP contribution in [0.5, 0.6) is 0 Å². The second-order valence-corrected chi connectivity index (χ2v) is 3.63. The fourth-order valence-corrected chi connectivity index (χ4v) is 1.43. The second-order valence-electron chi connectivity index (χ2n) is 3.63. The smallest absolute Gasteiger partial charge is 0.123 e. The Balaban J connectivity index is 2.39. The van der Waals surface area contributed by atoms with Gasteiger partial charge in [-0.15, -0.1) is 0 Å². The molecule has 0 radical (unpaired) electrons. The maximum atomic E-state index is 12.6. The number of hydrogen-bond acceptors (Lipinski definition) is 1. The van der Waals surface area contributed by atoms with Crippen molar-refractivity contribution < 1.29 is 9.50 Å². The molecular formula is C12H17FO. The molecule has 1 nitrogen and oxygen atoms in total. The maximum Gasteiger partial charge on any atom is 0.123 e. The fraction of sp³-hybridized carbons (Fsp3) is 0.500. The first kappa shape index (κ1) is 11.2. The lowest BCUT2D eigenvalue weighted by molar-refractivity contribution is 0.162. The summed E-state index contributed by atoms with van der Waals surface area (Å²) in [5.41, 5.74) is 0.995. The van der Waals surface area contributed by atoms with Crippen LogP contribution in [0.3, 0.4) is 0 Å². The summed E-state index contributed by atoms with van der Waals surface area (Å²) >= 11 is 0. The van der Waals surface area contributed by atoms with Gasteiger partial charge in [0.05, 0.1) is 6.10 Å². The first-order chi connectivity index (χ1) is 6.72. The summed E-state index contributed by atoms with van der Waals surface area (Å²) in [6.07, 6.45) is 3.30. The van der Waals surface area contributed by atoms with E-state index in [0.29, 0.717) is 6.42 Å².